The van der Waals surface area contributed by atoms with E-state index < -0.39 is 0 Å². The average Bonchev–Trinajstić information content (AvgIpc) is 2.64. The molecule has 5 heteroatoms. The van der Waals surface area contributed by atoms with Crippen LogP contribution in [0.4, 0.5) is 15.2 Å². The van der Waals surface area contributed by atoms with Gasteiger partial charge in [0.25, 0.3) is 0 Å². The van der Waals surface area contributed by atoms with Crippen molar-refractivity contribution in [1.29, 1.82) is 0 Å². The van der Waals surface area contributed by atoms with Crippen LogP contribution in [0.2, 0.25) is 0 Å². The Kier molecular flexibility index (Phi) is 3.36. The molecule has 2 rings (SSSR count). The molecule has 0 spiro atoms. The summed E-state index contributed by atoms with van der Waals surface area (Å²) < 4.78 is 16.8. The maximum atomic E-state index is 12.9. The van der Waals surface area contributed by atoms with Gasteiger partial charge in [0.15, 0.2) is 0 Å². The molecule has 0 atom stereocenters. The Morgan fingerprint density at radius 1 is 1.38 bits per heavy atom. The van der Waals surface area contributed by atoms with Crippen LogP contribution in [-0.2, 0) is 6.42 Å². The molecule has 0 saturated carbocycles. The van der Waals surface area contributed by atoms with Gasteiger partial charge < -0.3 is 11.1 Å². The maximum absolute atomic E-state index is 12.9. The van der Waals surface area contributed by atoms with E-state index in [2.05, 4.69) is 9.69 Å². The minimum atomic E-state index is -0.195. The second-order valence-corrected chi connectivity index (χ2v) is 4.23. The van der Waals surface area contributed by atoms with E-state index in [1.54, 1.807) is 18.2 Å². The fourth-order valence-electron chi connectivity index (χ4n) is 1.39. The zero-order valence-corrected chi connectivity index (χ0v) is 9.43. The molecule has 2 aromatic rings. The summed E-state index contributed by atoms with van der Waals surface area (Å²) in [6.07, 6.45) is 0.773. The number of rotatable bonds is 4. The van der Waals surface area contributed by atoms with Gasteiger partial charge >= 0.3 is 0 Å². The average molecular weight is 237 g/mol. The number of nitrogens with two attached hydrogens (primary N) is 1. The summed E-state index contributed by atoms with van der Waals surface area (Å²) in [6, 6.07) is 8.40. The number of aromatic nitrogens is 1. The van der Waals surface area contributed by atoms with Crippen molar-refractivity contribution in [3.05, 3.63) is 41.7 Å². The molecule has 0 aliphatic rings. The van der Waals surface area contributed by atoms with Gasteiger partial charge in [-0.2, -0.15) is 4.37 Å². The molecule has 84 valence electrons. The summed E-state index contributed by atoms with van der Waals surface area (Å²) in [5, 5.41) is 4.13. The first kappa shape index (κ1) is 10.9. The number of nitrogen functional groups attached to an aromatic ring is 1. The molecular formula is C11H12FN3S. The van der Waals surface area contributed by atoms with Crippen LogP contribution in [0.3, 0.4) is 0 Å². The molecule has 0 radical (unpaired) electrons. The Morgan fingerprint density at radius 3 is 2.94 bits per heavy atom. The Morgan fingerprint density at radius 2 is 2.25 bits per heavy atom. The summed E-state index contributed by atoms with van der Waals surface area (Å²) in [4.78, 5) is 0. The highest BCUT2D eigenvalue weighted by atomic mass is 32.1. The molecule has 0 aliphatic heterocycles. The van der Waals surface area contributed by atoms with Gasteiger partial charge in [0.2, 0.25) is 0 Å². The van der Waals surface area contributed by atoms with Crippen LogP contribution < -0.4 is 11.1 Å². The topological polar surface area (TPSA) is 50.9 Å². The van der Waals surface area contributed by atoms with Crippen molar-refractivity contribution in [3.8, 4) is 0 Å². The van der Waals surface area contributed by atoms with Gasteiger partial charge in [-0.25, -0.2) is 4.39 Å². The first-order valence-electron chi connectivity index (χ1n) is 4.94. The minimum Gasteiger partial charge on any atom is -0.383 e. The zero-order valence-electron chi connectivity index (χ0n) is 8.61. The van der Waals surface area contributed by atoms with Crippen molar-refractivity contribution in [2.24, 2.45) is 0 Å². The summed E-state index contributed by atoms with van der Waals surface area (Å²) in [5.74, 6) is 0.331. The van der Waals surface area contributed by atoms with E-state index >= 15 is 0 Å². The molecular weight excluding hydrogens is 225 g/mol. The maximum Gasteiger partial charge on any atom is 0.139 e. The standard InChI is InChI=1S/C11H12FN3S/c12-9-3-1-2-8(6-9)4-5-14-11-7-10(13)15-16-11/h1-3,6-7,14H,4-5H2,(H2,13,15). The van der Waals surface area contributed by atoms with Crippen molar-refractivity contribution in [3.63, 3.8) is 0 Å². The number of nitrogens with one attached hydrogen (secondary N) is 1. The Balaban J connectivity index is 1.84. The molecule has 1 heterocycles. The zero-order chi connectivity index (χ0) is 11.4. The largest absolute Gasteiger partial charge is 0.383 e. The fourth-order valence-corrected chi connectivity index (χ4v) is 1.99. The first-order chi connectivity index (χ1) is 7.74. The van der Waals surface area contributed by atoms with Crippen LogP contribution >= 0.6 is 11.5 Å². The van der Waals surface area contributed by atoms with Crippen molar-refractivity contribution >= 4 is 22.4 Å². The lowest BCUT2D eigenvalue weighted by Gasteiger charge is -2.03. The Labute approximate surface area is 97.3 Å². The van der Waals surface area contributed by atoms with Crippen LogP contribution in [0.15, 0.2) is 30.3 Å². The molecule has 16 heavy (non-hydrogen) atoms. The van der Waals surface area contributed by atoms with Crippen molar-refractivity contribution < 1.29 is 4.39 Å². The van der Waals surface area contributed by atoms with E-state index in [1.165, 1.54) is 17.6 Å². The van der Waals surface area contributed by atoms with Crippen LogP contribution in [0.25, 0.3) is 0 Å². The number of halogens is 1. The molecule has 0 bridgehead atoms. The van der Waals surface area contributed by atoms with Gasteiger partial charge in [0, 0.05) is 12.6 Å². The third kappa shape index (κ3) is 2.93. The highest BCUT2D eigenvalue weighted by molar-refractivity contribution is 7.10. The second kappa shape index (κ2) is 4.94. The van der Waals surface area contributed by atoms with E-state index in [9.17, 15) is 4.39 Å². The quantitative estimate of drug-likeness (QED) is 0.859. The summed E-state index contributed by atoms with van der Waals surface area (Å²) in [6.45, 7) is 0.741. The summed E-state index contributed by atoms with van der Waals surface area (Å²) in [7, 11) is 0. The number of nitrogens with zero attached hydrogens (tertiary/aromatic N) is 1. The summed E-state index contributed by atoms with van der Waals surface area (Å²) >= 11 is 1.33. The molecule has 0 amide bonds. The normalized spacial score (nSPS) is 10.3. The molecule has 1 aromatic carbocycles. The smallest absolute Gasteiger partial charge is 0.139 e. The van der Waals surface area contributed by atoms with Gasteiger partial charge in [-0.15, -0.1) is 0 Å². The van der Waals surface area contributed by atoms with Gasteiger partial charge in [-0.1, -0.05) is 12.1 Å². The first-order valence-corrected chi connectivity index (χ1v) is 5.72. The second-order valence-electron chi connectivity index (χ2n) is 3.42. The summed E-state index contributed by atoms with van der Waals surface area (Å²) in [5.41, 5.74) is 6.47. The highest BCUT2D eigenvalue weighted by Crippen LogP contribution is 2.17. The molecule has 0 unspecified atom stereocenters. The lowest BCUT2D eigenvalue weighted by atomic mass is 10.1. The van der Waals surface area contributed by atoms with Crippen LogP contribution in [0, 0.1) is 5.82 Å². The van der Waals surface area contributed by atoms with E-state index in [4.69, 9.17) is 5.73 Å². The van der Waals surface area contributed by atoms with Crippen molar-refractivity contribution in [2.45, 2.75) is 6.42 Å². The van der Waals surface area contributed by atoms with Crippen molar-refractivity contribution in [2.75, 3.05) is 17.6 Å². The van der Waals surface area contributed by atoms with Crippen molar-refractivity contribution in [1.82, 2.24) is 4.37 Å². The molecule has 3 N–H and O–H groups in total. The van der Waals surface area contributed by atoms with E-state index in [0.29, 0.717) is 5.82 Å². The number of benzene rings is 1. The molecule has 0 fully saturated rings. The fraction of sp³-hybridized carbons (Fsp3) is 0.182. The minimum absolute atomic E-state index is 0.195. The third-order valence-electron chi connectivity index (χ3n) is 2.13. The van der Waals surface area contributed by atoms with E-state index in [1.807, 2.05) is 6.07 Å². The molecule has 3 nitrogen and oxygen atoms in total. The predicted octanol–water partition coefficient (Wildman–Crippen LogP) is 2.52. The van der Waals surface area contributed by atoms with Gasteiger partial charge in [0.1, 0.15) is 16.6 Å². The predicted molar refractivity (Wildman–Crippen MR) is 65.1 cm³/mol. The van der Waals surface area contributed by atoms with E-state index in [-0.39, 0.29) is 5.82 Å². The van der Waals surface area contributed by atoms with E-state index in [0.717, 1.165) is 23.5 Å². The van der Waals surface area contributed by atoms with Gasteiger partial charge in [0.05, 0.1) is 0 Å². The van der Waals surface area contributed by atoms with Gasteiger partial charge in [-0.3, -0.25) is 0 Å². The highest BCUT2D eigenvalue weighted by Gasteiger charge is 1.98. The molecule has 0 saturated heterocycles. The van der Waals surface area contributed by atoms with Crippen LogP contribution in [-0.4, -0.2) is 10.9 Å². The third-order valence-corrected chi connectivity index (χ3v) is 2.89. The number of hydrogen-bond acceptors (Lipinski definition) is 4. The monoisotopic (exact) mass is 237 g/mol. The Bertz CT molecular complexity index is 470. The number of hydrogen-bond donors (Lipinski definition) is 2. The van der Waals surface area contributed by atoms with Crippen LogP contribution in [0.1, 0.15) is 5.56 Å². The SMILES string of the molecule is Nc1cc(NCCc2cccc(F)c2)sn1. The van der Waals surface area contributed by atoms with Crippen LogP contribution in [0.5, 0.6) is 0 Å². The number of anilines is 2. The molecule has 0 aliphatic carbocycles. The lowest BCUT2D eigenvalue weighted by molar-refractivity contribution is 0.625. The van der Waals surface area contributed by atoms with Gasteiger partial charge in [-0.05, 0) is 35.6 Å². The Hall–Kier alpha value is -1.62. The molecule has 1 aromatic heterocycles. The lowest BCUT2D eigenvalue weighted by Crippen LogP contribution is -2.03.